The summed E-state index contributed by atoms with van der Waals surface area (Å²) in [5.41, 5.74) is 1.81. The van der Waals surface area contributed by atoms with E-state index in [1.54, 1.807) is 4.91 Å². The van der Waals surface area contributed by atoms with Gasteiger partial charge < -0.3 is 0 Å². The van der Waals surface area contributed by atoms with Crippen LogP contribution in [-0.4, -0.2) is 5.75 Å². The number of rotatable bonds is 0. The van der Waals surface area contributed by atoms with Gasteiger partial charge in [0, 0.05) is 5.75 Å². The van der Waals surface area contributed by atoms with Crippen LogP contribution in [0, 0.1) is 0 Å². The maximum absolute atomic E-state index is 2.13. The Labute approximate surface area is 73.4 Å². The number of hydrogen-bond acceptors (Lipinski definition) is 1. The van der Waals surface area contributed by atoms with Crippen molar-refractivity contribution >= 4 is 11.8 Å². The molecule has 0 bridgehead atoms. The zero-order valence-electron chi connectivity index (χ0n) is 7.07. The highest BCUT2D eigenvalue weighted by atomic mass is 32.2. The lowest BCUT2D eigenvalue weighted by Gasteiger charge is -2.10. The van der Waals surface area contributed by atoms with Crippen molar-refractivity contribution in [2.45, 2.75) is 44.9 Å². The average molecular weight is 168 g/mol. The summed E-state index contributed by atoms with van der Waals surface area (Å²) in [6.07, 6.45) is 10.1. The summed E-state index contributed by atoms with van der Waals surface area (Å²) < 4.78 is 0. The van der Waals surface area contributed by atoms with Gasteiger partial charge in [-0.3, -0.25) is 0 Å². The van der Waals surface area contributed by atoms with Gasteiger partial charge in [0.1, 0.15) is 0 Å². The molecule has 2 aliphatic rings. The molecule has 1 heterocycles. The quantitative estimate of drug-likeness (QED) is 0.531. The molecule has 0 nitrogen and oxygen atoms in total. The van der Waals surface area contributed by atoms with Crippen LogP contribution in [0.1, 0.15) is 44.9 Å². The third kappa shape index (κ3) is 1.81. The highest BCUT2D eigenvalue weighted by Gasteiger charge is 2.15. The van der Waals surface area contributed by atoms with Crippen LogP contribution >= 0.6 is 11.8 Å². The first-order chi connectivity index (χ1) is 5.47. The van der Waals surface area contributed by atoms with E-state index < -0.39 is 0 Å². The second kappa shape index (κ2) is 3.66. The first-order valence-electron chi connectivity index (χ1n) is 4.80. The first kappa shape index (κ1) is 7.72. The molecule has 0 aromatic rings. The Morgan fingerprint density at radius 2 is 1.64 bits per heavy atom. The van der Waals surface area contributed by atoms with Gasteiger partial charge in [-0.25, -0.2) is 0 Å². The van der Waals surface area contributed by atoms with E-state index in [4.69, 9.17) is 0 Å². The van der Waals surface area contributed by atoms with Crippen molar-refractivity contribution in [3.8, 4) is 0 Å². The predicted molar refractivity (Wildman–Crippen MR) is 51.8 cm³/mol. The molecule has 0 spiro atoms. The summed E-state index contributed by atoms with van der Waals surface area (Å²) in [7, 11) is 0. The lowest BCUT2D eigenvalue weighted by molar-refractivity contribution is 0.618. The summed E-state index contributed by atoms with van der Waals surface area (Å²) in [4.78, 5) is 1.77. The minimum Gasteiger partial charge on any atom is -0.130 e. The van der Waals surface area contributed by atoms with Gasteiger partial charge in [0.25, 0.3) is 0 Å². The molecule has 0 amide bonds. The molecule has 11 heavy (non-hydrogen) atoms. The van der Waals surface area contributed by atoms with Gasteiger partial charge in [0.2, 0.25) is 0 Å². The lowest BCUT2D eigenvalue weighted by Crippen LogP contribution is -1.90. The third-order valence-corrected chi connectivity index (χ3v) is 3.96. The van der Waals surface area contributed by atoms with Crippen molar-refractivity contribution in [3.05, 3.63) is 10.5 Å². The van der Waals surface area contributed by atoms with Crippen LogP contribution in [0.25, 0.3) is 0 Å². The molecular weight excluding hydrogens is 152 g/mol. The molecule has 0 aromatic carbocycles. The maximum atomic E-state index is 2.13. The molecule has 0 N–H and O–H groups in total. The molecule has 0 fully saturated rings. The van der Waals surface area contributed by atoms with Crippen LogP contribution < -0.4 is 0 Å². The van der Waals surface area contributed by atoms with E-state index in [-0.39, 0.29) is 0 Å². The Kier molecular flexibility index (Phi) is 2.57. The zero-order valence-corrected chi connectivity index (χ0v) is 7.88. The van der Waals surface area contributed by atoms with E-state index in [0.717, 1.165) is 0 Å². The molecule has 0 aromatic heterocycles. The molecule has 62 valence electrons. The highest BCUT2D eigenvalue weighted by Crippen LogP contribution is 2.38. The standard InChI is InChI=1S/C10H16S/c1-2-4-6-10-9(5-3-1)7-8-11-10/h1-8H2. The van der Waals surface area contributed by atoms with Gasteiger partial charge in [-0.05, 0) is 37.0 Å². The summed E-state index contributed by atoms with van der Waals surface area (Å²) in [6.45, 7) is 0. The van der Waals surface area contributed by atoms with Crippen LogP contribution in [0.5, 0.6) is 0 Å². The fourth-order valence-electron chi connectivity index (χ4n) is 2.03. The Morgan fingerprint density at radius 3 is 2.55 bits per heavy atom. The second-order valence-electron chi connectivity index (χ2n) is 3.54. The first-order valence-corrected chi connectivity index (χ1v) is 5.79. The van der Waals surface area contributed by atoms with Gasteiger partial charge in [0.15, 0.2) is 0 Å². The third-order valence-electron chi connectivity index (χ3n) is 2.71. The molecule has 1 heteroatoms. The molecule has 0 atom stereocenters. The lowest BCUT2D eigenvalue weighted by atomic mass is 9.98. The van der Waals surface area contributed by atoms with Gasteiger partial charge in [-0.15, -0.1) is 11.8 Å². The molecular formula is C10H16S. The zero-order chi connectivity index (χ0) is 7.52. The van der Waals surface area contributed by atoms with Gasteiger partial charge in [0.05, 0.1) is 0 Å². The van der Waals surface area contributed by atoms with Crippen LogP contribution in [0.15, 0.2) is 10.5 Å². The number of allylic oxidation sites excluding steroid dienone is 2. The van der Waals surface area contributed by atoms with Gasteiger partial charge >= 0.3 is 0 Å². The van der Waals surface area contributed by atoms with E-state index in [1.165, 1.54) is 50.7 Å². The van der Waals surface area contributed by atoms with Crippen molar-refractivity contribution in [3.63, 3.8) is 0 Å². The van der Waals surface area contributed by atoms with Crippen LogP contribution in [0.2, 0.25) is 0 Å². The molecule has 1 aliphatic heterocycles. The fraction of sp³-hybridized carbons (Fsp3) is 0.800. The largest absolute Gasteiger partial charge is 0.130 e. The topological polar surface area (TPSA) is 0 Å². The number of hydrogen-bond donors (Lipinski definition) is 0. The van der Waals surface area contributed by atoms with E-state index in [1.807, 2.05) is 5.57 Å². The summed E-state index contributed by atoms with van der Waals surface area (Å²) >= 11 is 2.13. The average Bonchev–Trinajstić information content (AvgIpc) is 2.35. The van der Waals surface area contributed by atoms with Crippen LogP contribution in [0.4, 0.5) is 0 Å². The summed E-state index contributed by atoms with van der Waals surface area (Å²) in [6, 6.07) is 0. The maximum Gasteiger partial charge on any atom is 0.00144 e. The molecule has 0 unspecified atom stereocenters. The van der Waals surface area contributed by atoms with E-state index in [0.29, 0.717) is 0 Å². The number of thioether (sulfide) groups is 1. The molecule has 0 radical (unpaired) electrons. The van der Waals surface area contributed by atoms with Crippen molar-refractivity contribution < 1.29 is 0 Å². The Hall–Kier alpha value is 0.0900. The fourth-order valence-corrected chi connectivity index (χ4v) is 3.32. The minimum absolute atomic E-state index is 1.38. The Balaban J connectivity index is 2.05. The van der Waals surface area contributed by atoms with Crippen LogP contribution in [0.3, 0.4) is 0 Å². The molecule has 0 saturated heterocycles. The monoisotopic (exact) mass is 168 g/mol. The van der Waals surface area contributed by atoms with Gasteiger partial charge in [-0.1, -0.05) is 18.4 Å². The van der Waals surface area contributed by atoms with E-state index in [9.17, 15) is 0 Å². The van der Waals surface area contributed by atoms with E-state index >= 15 is 0 Å². The Bertz CT molecular complexity index is 152. The van der Waals surface area contributed by atoms with Crippen molar-refractivity contribution in [1.82, 2.24) is 0 Å². The van der Waals surface area contributed by atoms with Crippen LogP contribution in [-0.2, 0) is 0 Å². The van der Waals surface area contributed by atoms with Gasteiger partial charge in [-0.2, -0.15) is 0 Å². The Morgan fingerprint density at radius 1 is 0.818 bits per heavy atom. The summed E-state index contributed by atoms with van der Waals surface area (Å²) in [5.74, 6) is 1.38. The SMILES string of the molecule is C1CCCC2=C(CC1)CCS2. The summed E-state index contributed by atoms with van der Waals surface area (Å²) in [5, 5.41) is 0. The van der Waals surface area contributed by atoms with Crippen molar-refractivity contribution in [2.75, 3.05) is 5.75 Å². The smallest absolute Gasteiger partial charge is 0.00144 e. The second-order valence-corrected chi connectivity index (χ2v) is 4.73. The minimum atomic E-state index is 1.38. The molecule has 2 rings (SSSR count). The normalized spacial score (nSPS) is 26.2. The van der Waals surface area contributed by atoms with E-state index in [2.05, 4.69) is 11.8 Å². The molecule has 1 aliphatic carbocycles. The van der Waals surface area contributed by atoms with Crippen molar-refractivity contribution in [1.29, 1.82) is 0 Å². The predicted octanol–water partition coefficient (Wildman–Crippen LogP) is 3.73. The van der Waals surface area contributed by atoms with Crippen molar-refractivity contribution in [2.24, 2.45) is 0 Å². The molecule has 0 saturated carbocycles. The highest BCUT2D eigenvalue weighted by molar-refractivity contribution is 8.03.